The van der Waals surface area contributed by atoms with E-state index < -0.39 is 17.5 Å². The largest absolute Gasteiger partial charge is 0.367 e. The molecule has 2 aromatic rings. The van der Waals surface area contributed by atoms with Crippen LogP contribution in [0.4, 0.5) is 18.9 Å². The third-order valence-corrected chi connectivity index (χ3v) is 4.82. The molecule has 0 spiro atoms. The molecule has 4 rings (SSSR count). The van der Waals surface area contributed by atoms with E-state index in [0.717, 1.165) is 44.2 Å². The van der Waals surface area contributed by atoms with E-state index in [9.17, 15) is 13.2 Å². The standard InChI is InChI=1S/C18H17F3N2/c19-15-4-3-14(17(20)18(15)21)11-1-2-12-9-13-5-6-22-7-8-23(13)16(12)10-11/h1-4,10,13,22H,5-9H2. The minimum atomic E-state index is -1.42. The van der Waals surface area contributed by atoms with Crippen LogP contribution in [-0.2, 0) is 6.42 Å². The lowest BCUT2D eigenvalue weighted by Gasteiger charge is -2.25. The fourth-order valence-corrected chi connectivity index (χ4v) is 3.64. The Labute approximate surface area is 132 Å². The fourth-order valence-electron chi connectivity index (χ4n) is 3.64. The van der Waals surface area contributed by atoms with Gasteiger partial charge in [0.05, 0.1) is 0 Å². The van der Waals surface area contributed by atoms with Crippen molar-refractivity contribution in [2.45, 2.75) is 18.9 Å². The van der Waals surface area contributed by atoms with Crippen LogP contribution in [0.3, 0.4) is 0 Å². The van der Waals surface area contributed by atoms with Crippen LogP contribution < -0.4 is 10.2 Å². The molecule has 2 heterocycles. The van der Waals surface area contributed by atoms with Crippen molar-refractivity contribution in [3.63, 3.8) is 0 Å². The van der Waals surface area contributed by atoms with E-state index in [2.05, 4.69) is 10.2 Å². The number of hydrogen-bond acceptors (Lipinski definition) is 2. The van der Waals surface area contributed by atoms with Crippen molar-refractivity contribution in [2.75, 3.05) is 24.5 Å². The summed E-state index contributed by atoms with van der Waals surface area (Å²) in [5, 5.41) is 3.38. The van der Waals surface area contributed by atoms with Crippen molar-refractivity contribution < 1.29 is 13.2 Å². The molecule has 0 radical (unpaired) electrons. The number of rotatable bonds is 1. The van der Waals surface area contributed by atoms with Crippen molar-refractivity contribution >= 4 is 5.69 Å². The minimum Gasteiger partial charge on any atom is -0.367 e. The number of halogens is 3. The maximum absolute atomic E-state index is 14.1. The van der Waals surface area contributed by atoms with Gasteiger partial charge in [0.15, 0.2) is 17.5 Å². The van der Waals surface area contributed by atoms with E-state index in [4.69, 9.17) is 0 Å². The van der Waals surface area contributed by atoms with Crippen LogP contribution in [0, 0.1) is 17.5 Å². The Morgan fingerprint density at radius 1 is 1.00 bits per heavy atom. The molecule has 1 unspecified atom stereocenters. The molecule has 2 aromatic carbocycles. The Bertz CT molecular complexity index is 760. The van der Waals surface area contributed by atoms with E-state index in [0.29, 0.717) is 11.6 Å². The van der Waals surface area contributed by atoms with Crippen LogP contribution in [0.5, 0.6) is 0 Å². The van der Waals surface area contributed by atoms with Crippen molar-refractivity contribution in [3.05, 3.63) is 53.3 Å². The minimum absolute atomic E-state index is 0.100. The highest BCUT2D eigenvalue weighted by Crippen LogP contribution is 2.37. The smallest absolute Gasteiger partial charge is 0.195 e. The van der Waals surface area contributed by atoms with Gasteiger partial charge < -0.3 is 10.2 Å². The van der Waals surface area contributed by atoms with Gasteiger partial charge in [0.25, 0.3) is 0 Å². The summed E-state index contributed by atoms with van der Waals surface area (Å²) in [5.74, 6) is -3.71. The number of hydrogen-bond donors (Lipinski definition) is 1. The van der Waals surface area contributed by atoms with Crippen LogP contribution in [-0.4, -0.2) is 25.7 Å². The second kappa shape index (κ2) is 5.57. The maximum atomic E-state index is 14.1. The molecule has 120 valence electrons. The SMILES string of the molecule is Fc1ccc(-c2ccc3c(c2)N2CCNCCC2C3)c(F)c1F. The first-order valence-corrected chi connectivity index (χ1v) is 7.89. The molecule has 0 amide bonds. The lowest BCUT2D eigenvalue weighted by molar-refractivity contribution is 0.449. The highest BCUT2D eigenvalue weighted by Gasteiger charge is 2.30. The monoisotopic (exact) mass is 318 g/mol. The Hall–Kier alpha value is -2.01. The number of nitrogens with zero attached hydrogens (tertiary/aromatic N) is 1. The molecule has 1 fully saturated rings. The second-order valence-electron chi connectivity index (χ2n) is 6.16. The molecule has 2 nitrogen and oxygen atoms in total. The summed E-state index contributed by atoms with van der Waals surface area (Å²) in [7, 11) is 0. The van der Waals surface area contributed by atoms with E-state index >= 15 is 0 Å². The predicted octanol–water partition coefficient (Wildman–Crippen LogP) is 3.50. The summed E-state index contributed by atoms with van der Waals surface area (Å²) < 4.78 is 40.7. The zero-order valence-corrected chi connectivity index (χ0v) is 12.6. The van der Waals surface area contributed by atoms with E-state index in [1.807, 2.05) is 12.1 Å². The molecule has 2 aliphatic rings. The topological polar surface area (TPSA) is 15.3 Å². The van der Waals surface area contributed by atoms with E-state index in [1.54, 1.807) is 6.07 Å². The molecule has 0 bridgehead atoms. The highest BCUT2D eigenvalue weighted by molar-refractivity contribution is 5.73. The molecule has 0 saturated carbocycles. The van der Waals surface area contributed by atoms with Gasteiger partial charge in [0, 0.05) is 30.4 Å². The van der Waals surface area contributed by atoms with Gasteiger partial charge in [0.2, 0.25) is 0 Å². The van der Waals surface area contributed by atoms with Crippen molar-refractivity contribution in [2.24, 2.45) is 0 Å². The Kier molecular flexibility index (Phi) is 3.53. The average molecular weight is 318 g/mol. The van der Waals surface area contributed by atoms with Gasteiger partial charge in [-0.25, -0.2) is 13.2 Å². The van der Waals surface area contributed by atoms with Gasteiger partial charge in [-0.15, -0.1) is 0 Å². The first-order chi connectivity index (χ1) is 11.1. The van der Waals surface area contributed by atoms with Gasteiger partial charge in [0.1, 0.15) is 0 Å². The predicted molar refractivity (Wildman–Crippen MR) is 84.1 cm³/mol. The Morgan fingerprint density at radius 2 is 1.87 bits per heavy atom. The van der Waals surface area contributed by atoms with Crippen LogP contribution in [0.25, 0.3) is 11.1 Å². The Balaban J connectivity index is 1.76. The second-order valence-corrected chi connectivity index (χ2v) is 6.16. The summed E-state index contributed by atoms with van der Waals surface area (Å²) >= 11 is 0. The third-order valence-electron chi connectivity index (χ3n) is 4.82. The zero-order valence-electron chi connectivity index (χ0n) is 12.6. The first kappa shape index (κ1) is 14.6. The zero-order chi connectivity index (χ0) is 16.0. The lowest BCUT2D eigenvalue weighted by Crippen LogP contribution is -2.32. The number of nitrogens with one attached hydrogen (secondary N) is 1. The molecule has 23 heavy (non-hydrogen) atoms. The Morgan fingerprint density at radius 3 is 2.74 bits per heavy atom. The molecule has 5 heteroatoms. The summed E-state index contributed by atoms with van der Waals surface area (Å²) in [6, 6.07) is 8.40. The first-order valence-electron chi connectivity index (χ1n) is 7.89. The summed E-state index contributed by atoms with van der Waals surface area (Å²) in [5.41, 5.74) is 3.00. The van der Waals surface area contributed by atoms with Crippen molar-refractivity contribution in [3.8, 4) is 11.1 Å². The summed E-state index contributed by atoms with van der Waals surface area (Å²) in [6.07, 6.45) is 2.06. The van der Waals surface area contributed by atoms with Gasteiger partial charge in [-0.1, -0.05) is 12.1 Å². The van der Waals surface area contributed by atoms with Crippen LogP contribution in [0.2, 0.25) is 0 Å². The number of fused-ring (bicyclic) bond motifs is 3. The number of anilines is 1. The maximum Gasteiger partial charge on any atom is 0.195 e. The molecule has 1 atom stereocenters. The van der Waals surface area contributed by atoms with Crippen molar-refractivity contribution in [1.29, 1.82) is 0 Å². The van der Waals surface area contributed by atoms with Gasteiger partial charge in [-0.2, -0.15) is 0 Å². The lowest BCUT2D eigenvalue weighted by atomic mass is 10.0. The van der Waals surface area contributed by atoms with E-state index in [1.165, 1.54) is 11.6 Å². The molecule has 0 aliphatic carbocycles. The van der Waals surface area contributed by atoms with Gasteiger partial charge >= 0.3 is 0 Å². The average Bonchev–Trinajstić information content (AvgIpc) is 2.74. The van der Waals surface area contributed by atoms with Crippen LogP contribution >= 0.6 is 0 Å². The molecule has 1 saturated heterocycles. The van der Waals surface area contributed by atoms with Gasteiger partial charge in [-0.3, -0.25) is 0 Å². The molecular formula is C18H17F3N2. The van der Waals surface area contributed by atoms with E-state index in [-0.39, 0.29) is 5.56 Å². The molecule has 2 aliphatic heterocycles. The van der Waals surface area contributed by atoms with Crippen LogP contribution in [0.15, 0.2) is 30.3 Å². The summed E-state index contributed by atoms with van der Waals surface area (Å²) in [4.78, 5) is 2.34. The molecular weight excluding hydrogens is 301 g/mol. The molecule has 1 N–H and O–H groups in total. The quantitative estimate of drug-likeness (QED) is 0.810. The third kappa shape index (κ3) is 2.39. The van der Waals surface area contributed by atoms with Crippen molar-refractivity contribution in [1.82, 2.24) is 5.32 Å². The van der Waals surface area contributed by atoms with Gasteiger partial charge in [-0.05, 0) is 48.7 Å². The van der Waals surface area contributed by atoms with Crippen LogP contribution in [0.1, 0.15) is 12.0 Å². The number of benzene rings is 2. The fraction of sp³-hybridized carbons (Fsp3) is 0.333. The normalized spacial score (nSPS) is 20.1. The summed E-state index contributed by atoms with van der Waals surface area (Å²) in [6.45, 7) is 2.82. The highest BCUT2D eigenvalue weighted by atomic mass is 19.2. The molecule has 0 aromatic heterocycles.